The van der Waals surface area contributed by atoms with Crippen molar-refractivity contribution in [2.24, 2.45) is 11.3 Å². The molecule has 2 rings (SSSR count). The van der Waals surface area contributed by atoms with Crippen molar-refractivity contribution in [3.05, 3.63) is 0 Å². The maximum Gasteiger partial charge on any atom is 0.228 e. The van der Waals surface area contributed by atoms with Gasteiger partial charge in [-0.15, -0.1) is 11.6 Å². The molecular formula is C9H16ClNO3S. The van der Waals surface area contributed by atoms with Gasteiger partial charge in [0.05, 0.1) is 19.3 Å². The summed E-state index contributed by atoms with van der Waals surface area (Å²) in [7, 11) is -3.30. The Balaban J connectivity index is 2.30. The first-order chi connectivity index (χ1) is 6.88. The molecule has 0 aliphatic carbocycles. The van der Waals surface area contributed by atoms with Crippen molar-refractivity contribution in [1.29, 1.82) is 0 Å². The summed E-state index contributed by atoms with van der Waals surface area (Å²) < 4.78 is 30.4. The van der Waals surface area contributed by atoms with Crippen LogP contribution in [-0.4, -0.2) is 43.7 Å². The van der Waals surface area contributed by atoms with Crippen LogP contribution in [0.5, 0.6) is 0 Å². The van der Waals surface area contributed by atoms with Gasteiger partial charge in [-0.05, 0) is 5.41 Å². The van der Waals surface area contributed by atoms with Crippen LogP contribution in [0.15, 0.2) is 0 Å². The van der Waals surface area contributed by atoms with Gasteiger partial charge in [0, 0.05) is 12.5 Å². The van der Waals surface area contributed by atoms with Crippen LogP contribution < -0.4 is 0 Å². The van der Waals surface area contributed by atoms with Crippen molar-refractivity contribution in [2.75, 3.05) is 25.0 Å². The summed E-state index contributed by atoms with van der Waals surface area (Å²) in [6.07, 6.45) is 0. The van der Waals surface area contributed by atoms with Gasteiger partial charge in [0.15, 0.2) is 0 Å². The van der Waals surface area contributed by atoms with Crippen LogP contribution in [0.2, 0.25) is 0 Å². The highest BCUT2D eigenvalue weighted by Crippen LogP contribution is 2.44. The molecule has 15 heavy (non-hydrogen) atoms. The van der Waals surface area contributed by atoms with Gasteiger partial charge < -0.3 is 4.74 Å². The Labute approximate surface area is 95.6 Å². The van der Waals surface area contributed by atoms with E-state index in [9.17, 15) is 8.42 Å². The first-order valence-corrected chi connectivity index (χ1v) is 7.16. The van der Waals surface area contributed by atoms with E-state index in [0.717, 1.165) is 0 Å². The van der Waals surface area contributed by atoms with Gasteiger partial charge in [-0.1, -0.05) is 13.8 Å². The fourth-order valence-electron chi connectivity index (χ4n) is 2.58. The molecule has 0 N–H and O–H groups in total. The molecule has 2 saturated heterocycles. The van der Waals surface area contributed by atoms with Crippen molar-refractivity contribution in [2.45, 2.75) is 19.9 Å². The van der Waals surface area contributed by atoms with Crippen LogP contribution in [-0.2, 0) is 14.8 Å². The molecule has 0 radical (unpaired) electrons. The monoisotopic (exact) mass is 253 g/mol. The van der Waals surface area contributed by atoms with E-state index in [4.69, 9.17) is 16.3 Å². The van der Waals surface area contributed by atoms with Gasteiger partial charge in [0.1, 0.15) is 5.21 Å². The number of ether oxygens (including phenoxy) is 1. The zero-order valence-electron chi connectivity index (χ0n) is 8.94. The summed E-state index contributed by atoms with van der Waals surface area (Å²) in [5, 5.41) is -0.341. The topological polar surface area (TPSA) is 46.6 Å². The summed E-state index contributed by atoms with van der Waals surface area (Å²) >= 11 is 5.49. The molecule has 2 aliphatic heterocycles. The molecule has 2 unspecified atom stereocenters. The van der Waals surface area contributed by atoms with E-state index in [-0.39, 0.29) is 16.7 Å². The zero-order valence-corrected chi connectivity index (χ0v) is 10.5. The van der Waals surface area contributed by atoms with Crippen LogP contribution in [0.1, 0.15) is 13.8 Å². The smallest absolute Gasteiger partial charge is 0.228 e. The predicted molar refractivity (Wildman–Crippen MR) is 58.2 cm³/mol. The minimum absolute atomic E-state index is 0.0104. The lowest BCUT2D eigenvalue weighted by Crippen LogP contribution is -2.38. The number of rotatable bonds is 2. The summed E-state index contributed by atoms with van der Waals surface area (Å²) in [5.74, 6) is 0.301. The Bertz CT molecular complexity index is 354. The fourth-order valence-corrected chi connectivity index (χ4v) is 4.23. The summed E-state index contributed by atoms with van der Waals surface area (Å²) in [4.78, 5) is 0. The number of hydrogen-bond donors (Lipinski definition) is 0. The Morgan fingerprint density at radius 2 is 2.13 bits per heavy atom. The van der Waals surface area contributed by atoms with Gasteiger partial charge in [-0.3, -0.25) is 0 Å². The van der Waals surface area contributed by atoms with Gasteiger partial charge in [0.2, 0.25) is 10.0 Å². The fraction of sp³-hybridized carbons (Fsp3) is 1.00. The number of halogens is 1. The third kappa shape index (κ3) is 1.79. The van der Waals surface area contributed by atoms with Gasteiger partial charge >= 0.3 is 0 Å². The van der Waals surface area contributed by atoms with Gasteiger partial charge in [-0.25, -0.2) is 8.42 Å². The van der Waals surface area contributed by atoms with Gasteiger partial charge in [-0.2, -0.15) is 4.31 Å². The molecule has 0 saturated carbocycles. The summed E-state index contributed by atoms with van der Waals surface area (Å²) in [6, 6.07) is -0.0104. The molecule has 88 valence electrons. The minimum Gasteiger partial charge on any atom is -0.379 e. The summed E-state index contributed by atoms with van der Waals surface area (Å²) in [6.45, 7) is 5.89. The Morgan fingerprint density at radius 3 is 2.73 bits per heavy atom. The van der Waals surface area contributed by atoms with Crippen LogP contribution >= 0.6 is 11.6 Å². The molecule has 4 nitrogen and oxygen atoms in total. The third-order valence-electron chi connectivity index (χ3n) is 3.48. The second-order valence-corrected chi connectivity index (χ2v) is 7.47. The molecule has 0 aromatic heterocycles. The maximum absolute atomic E-state index is 11.8. The molecule has 0 aromatic rings. The van der Waals surface area contributed by atoms with Crippen LogP contribution in [0.3, 0.4) is 0 Å². The molecule has 0 spiro atoms. The normalized spacial score (nSPS) is 35.7. The zero-order chi connectivity index (χ0) is 11.3. The average molecular weight is 254 g/mol. The highest BCUT2D eigenvalue weighted by Gasteiger charge is 2.53. The van der Waals surface area contributed by atoms with Crippen LogP contribution in [0, 0.1) is 11.3 Å². The lowest BCUT2D eigenvalue weighted by Gasteiger charge is -2.23. The second-order valence-electron chi connectivity index (χ2n) is 4.97. The second kappa shape index (κ2) is 3.58. The highest BCUT2D eigenvalue weighted by atomic mass is 35.5. The van der Waals surface area contributed by atoms with E-state index in [1.807, 2.05) is 0 Å². The molecule has 0 amide bonds. The number of hydrogen-bond acceptors (Lipinski definition) is 3. The maximum atomic E-state index is 11.8. The molecular weight excluding hydrogens is 238 g/mol. The first kappa shape index (κ1) is 11.6. The van der Waals surface area contributed by atoms with Gasteiger partial charge in [0.25, 0.3) is 0 Å². The molecule has 2 atom stereocenters. The lowest BCUT2D eigenvalue weighted by atomic mass is 9.80. The van der Waals surface area contributed by atoms with E-state index in [0.29, 0.717) is 25.7 Å². The third-order valence-corrected chi connectivity index (χ3v) is 5.70. The Kier molecular flexibility index (Phi) is 2.78. The number of alkyl halides is 1. The van der Waals surface area contributed by atoms with E-state index in [2.05, 4.69) is 13.8 Å². The number of fused-ring (bicyclic) bond motifs is 1. The van der Waals surface area contributed by atoms with E-state index in [1.165, 1.54) is 4.31 Å². The quantitative estimate of drug-likeness (QED) is 0.686. The first-order valence-electron chi connectivity index (χ1n) is 5.02. The molecule has 0 bridgehead atoms. The standard InChI is InChI=1S/C9H16ClNO3S/c1-9(2)5-11(15(12,13)6-10)8-4-14-3-7(8)9/h7-8H,3-6H2,1-2H3. The van der Waals surface area contributed by atoms with E-state index < -0.39 is 10.0 Å². The van der Waals surface area contributed by atoms with Crippen molar-refractivity contribution in [3.8, 4) is 0 Å². The largest absolute Gasteiger partial charge is 0.379 e. The van der Waals surface area contributed by atoms with Crippen molar-refractivity contribution < 1.29 is 13.2 Å². The molecule has 0 aromatic carbocycles. The average Bonchev–Trinajstić information content (AvgIpc) is 2.69. The molecule has 2 aliphatic rings. The number of sulfonamides is 1. The number of nitrogens with zero attached hydrogens (tertiary/aromatic N) is 1. The molecule has 6 heteroatoms. The SMILES string of the molecule is CC1(C)CN(S(=O)(=O)CCl)C2COCC21. The summed E-state index contributed by atoms with van der Waals surface area (Å²) in [5.41, 5.74) is -0.0136. The molecule has 2 fully saturated rings. The van der Waals surface area contributed by atoms with Crippen LogP contribution in [0.4, 0.5) is 0 Å². The lowest BCUT2D eigenvalue weighted by molar-refractivity contribution is 0.137. The minimum atomic E-state index is -3.30. The predicted octanol–water partition coefficient (Wildman–Crippen LogP) is 0.869. The van der Waals surface area contributed by atoms with E-state index >= 15 is 0 Å². The van der Waals surface area contributed by atoms with E-state index in [1.54, 1.807) is 0 Å². The van der Waals surface area contributed by atoms with Crippen LogP contribution in [0.25, 0.3) is 0 Å². The Morgan fingerprint density at radius 1 is 1.47 bits per heavy atom. The van der Waals surface area contributed by atoms with Crippen molar-refractivity contribution in [1.82, 2.24) is 4.31 Å². The Hall–Kier alpha value is 0.160. The van der Waals surface area contributed by atoms with Crippen molar-refractivity contribution >= 4 is 21.6 Å². The highest BCUT2D eigenvalue weighted by molar-refractivity contribution is 7.90. The van der Waals surface area contributed by atoms with Crippen molar-refractivity contribution in [3.63, 3.8) is 0 Å². The molecule has 2 heterocycles.